The van der Waals surface area contributed by atoms with Gasteiger partial charge in [-0.2, -0.15) is 0 Å². The Hall–Kier alpha value is -2.49. The van der Waals surface area contributed by atoms with Gasteiger partial charge >= 0.3 is 0 Å². The van der Waals surface area contributed by atoms with E-state index in [1.54, 1.807) is 12.1 Å². The van der Waals surface area contributed by atoms with Crippen molar-refractivity contribution in [1.82, 2.24) is 9.97 Å². The van der Waals surface area contributed by atoms with Crippen molar-refractivity contribution in [2.24, 2.45) is 0 Å². The van der Waals surface area contributed by atoms with Gasteiger partial charge in [-0.05, 0) is 56.3 Å². The summed E-state index contributed by atoms with van der Waals surface area (Å²) in [5.74, 6) is 0.566. The van der Waals surface area contributed by atoms with Crippen LogP contribution >= 0.6 is 11.6 Å². The van der Waals surface area contributed by atoms with Gasteiger partial charge in [0.1, 0.15) is 12.1 Å². The Kier molecular flexibility index (Phi) is 6.51. The third-order valence-electron chi connectivity index (χ3n) is 3.64. The van der Waals surface area contributed by atoms with E-state index in [0.717, 1.165) is 0 Å². The normalized spacial score (nSPS) is 12.6. The summed E-state index contributed by atoms with van der Waals surface area (Å²) in [5.41, 5.74) is 0.152. The Morgan fingerprint density at radius 3 is 2.34 bits per heavy atom. The lowest BCUT2D eigenvalue weighted by Crippen LogP contribution is -2.15. The van der Waals surface area contributed by atoms with Gasteiger partial charge in [0.15, 0.2) is 0 Å². The highest BCUT2D eigenvalue weighted by Gasteiger charge is 2.20. The molecule has 3 aromatic rings. The first kappa shape index (κ1) is 21.2. The number of benzene rings is 2. The fourth-order valence-electron chi connectivity index (χ4n) is 2.42. The molecule has 1 atom stereocenters. The standard InChI is InChI=1S/C19H18ClN3O4S2/c1-13(2)27-15-4-6-17(7-5-15)29(25,26)23-18-8-3-14(20)9-19(18)28(24)16-10-21-12-22-11-16/h3-13,23H,1-2H3. The highest BCUT2D eigenvalue weighted by Crippen LogP contribution is 2.29. The van der Waals surface area contributed by atoms with Crippen LogP contribution in [0.2, 0.25) is 5.02 Å². The van der Waals surface area contributed by atoms with E-state index in [9.17, 15) is 12.6 Å². The Labute approximate surface area is 176 Å². The fourth-order valence-corrected chi connectivity index (χ4v) is 4.92. The summed E-state index contributed by atoms with van der Waals surface area (Å²) in [5, 5.41) is 0.323. The Morgan fingerprint density at radius 1 is 1.07 bits per heavy atom. The van der Waals surface area contributed by atoms with Gasteiger partial charge < -0.3 is 4.74 Å². The molecule has 0 fully saturated rings. The van der Waals surface area contributed by atoms with E-state index in [0.29, 0.717) is 15.7 Å². The number of ether oxygens (including phenoxy) is 1. The number of sulfonamides is 1. The molecule has 0 radical (unpaired) electrons. The van der Waals surface area contributed by atoms with E-state index in [1.807, 2.05) is 13.8 Å². The first-order chi connectivity index (χ1) is 13.8. The number of rotatable bonds is 7. The van der Waals surface area contributed by atoms with E-state index < -0.39 is 20.8 Å². The summed E-state index contributed by atoms with van der Waals surface area (Å²) in [7, 11) is -5.65. The minimum Gasteiger partial charge on any atom is -0.491 e. The van der Waals surface area contributed by atoms with Crippen LogP contribution in [0.5, 0.6) is 5.75 Å². The number of anilines is 1. The molecule has 1 aromatic heterocycles. The molecule has 7 nitrogen and oxygen atoms in total. The molecule has 2 aromatic carbocycles. The predicted molar refractivity (Wildman–Crippen MR) is 111 cm³/mol. The summed E-state index contributed by atoms with van der Waals surface area (Å²) >= 11 is 6.04. The first-order valence-corrected chi connectivity index (χ1v) is 11.5. The molecule has 0 bridgehead atoms. The van der Waals surface area contributed by atoms with E-state index >= 15 is 0 Å². The smallest absolute Gasteiger partial charge is 0.261 e. The van der Waals surface area contributed by atoms with Crippen LogP contribution in [0, 0.1) is 0 Å². The van der Waals surface area contributed by atoms with E-state index in [2.05, 4.69) is 14.7 Å². The second kappa shape index (κ2) is 8.89. The molecule has 3 rings (SSSR count). The number of hydrogen-bond donors (Lipinski definition) is 1. The van der Waals surface area contributed by atoms with Crippen molar-refractivity contribution in [2.45, 2.75) is 34.6 Å². The average Bonchev–Trinajstić information content (AvgIpc) is 2.69. The Morgan fingerprint density at radius 2 is 1.72 bits per heavy atom. The van der Waals surface area contributed by atoms with E-state index in [4.69, 9.17) is 16.3 Å². The summed E-state index contributed by atoms with van der Waals surface area (Å²) in [6.07, 6.45) is 4.09. The number of hydrogen-bond acceptors (Lipinski definition) is 6. The van der Waals surface area contributed by atoms with Crippen LogP contribution < -0.4 is 9.46 Å². The van der Waals surface area contributed by atoms with Gasteiger partial charge in [-0.1, -0.05) is 11.6 Å². The van der Waals surface area contributed by atoms with Crippen LogP contribution in [-0.4, -0.2) is 28.7 Å². The predicted octanol–water partition coefficient (Wildman–Crippen LogP) is 3.88. The van der Waals surface area contributed by atoms with Gasteiger partial charge in [-0.15, -0.1) is 0 Å². The molecule has 1 N–H and O–H groups in total. The van der Waals surface area contributed by atoms with Crippen molar-refractivity contribution in [1.29, 1.82) is 0 Å². The average molecular weight is 452 g/mol. The summed E-state index contributed by atoms with van der Waals surface area (Å²) < 4.78 is 46.6. The van der Waals surface area contributed by atoms with Crippen LogP contribution in [0.15, 0.2) is 75.9 Å². The molecule has 152 valence electrons. The molecule has 1 unspecified atom stereocenters. The summed E-state index contributed by atoms with van der Waals surface area (Å²) in [6, 6.07) is 10.5. The zero-order valence-electron chi connectivity index (χ0n) is 15.6. The van der Waals surface area contributed by atoms with Crippen molar-refractivity contribution >= 4 is 38.1 Å². The van der Waals surface area contributed by atoms with Crippen LogP contribution in [-0.2, 0) is 20.8 Å². The molecule has 0 spiro atoms. The van der Waals surface area contributed by atoms with Crippen LogP contribution in [0.4, 0.5) is 5.69 Å². The highest BCUT2D eigenvalue weighted by atomic mass is 35.5. The van der Waals surface area contributed by atoms with Gasteiger partial charge in [0.2, 0.25) is 0 Å². The maximum atomic E-state index is 12.9. The third kappa shape index (κ3) is 5.31. The van der Waals surface area contributed by atoms with Gasteiger partial charge in [0.05, 0.1) is 37.3 Å². The van der Waals surface area contributed by atoms with Gasteiger partial charge in [0, 0.05) is 17.4 Å². The maximum Gasteiger partial charge on any atom is 0.261 e. The van der Waals surface area contributed by atoms with Crippen molar-refractivity contribution < 1.29 is 17.4 Å². The number of halogens is 1. The maximum absolute atomic E-state index is 12.9. The molecule has 0 saturated heterocycles. The van der Waals surface area contributed by atoms with Crippen LogP contribution in [0.25, 0.3) is 0 Å². The second-order valence-corrected chi connectivity index (χ2v) is 9.79. The largest absolute Gasteiger partial charge is 0.491 e. The number of nitrogens with zero attached hydrogens (tertiary/aromatic N) is 2. The number of nitrogens with one attached hydrogen (secondary N) is 1. The summed E-state index contributed by atoms with van der Waals surface area (Å²) in [4.78, 5) is 8.27. The molecular weight excluding hydrogens is 434 g/mol. The van der Waals surface area contributed by atoms with Gasteiger partial charge in [-0.3, -0.25) is 4.72 Å². The first-order valence-electron chi connectivity index (χ1n) is 8.52. The van der Waals surface area contributed by atoms with E-state index in [-0.39, 0.29) is 21.6 Å². The second-order valence-electron chi connectivity index (χ2n) is 6.23. The molecule has 0 aliphatic rings. The molecular formula is C19H18ClN3O4S2. The quantitative estimate of drug-likeness (QED) is 0.585. The highest BCUT2D eigenvalue weighted by molar-refractivity contribution is 7.92. The molecule has 1 heterocycles. The fraction of sp³-hybridized carbons (Fsp3) is 0.158. The van der Waals surface area contributed by atoms with Crippen molar-refractivity contribution in [3.8, 4) is 5.75 Å². The van der Waals surface area contributed by atoms with Crippen LogP contribution in [0.1, 0.15) is 13.8 Å². The molecule has 0 saturated carbocycles. The van der Waals surface area contributed by atoms with Gasteiger partial charge in [0.25, 0.3) is 10.0 Å². The molecule has 29 heavy (non-hydrogen) atoms. The lowest BCUT2D eigenvalue weighted by atomic mass is 10.3. The topological polar surface area (TPSA) is 98.2 Å². The lowest BCUT2D eigenvalue weighted by Gasteiger charge is -2.14. The summed E-state index contributed by atoms with van der Waals surface area (Å²) in [6.45, 7) is 3.76. The third-order valence-corrected chi connectivity index (χ3v) is 6.64. The Balaban J connectivity index is 1.92. The molecule has 0 aliphatic heterocycles. The lowest BCUT2D eigenvalue weighted by molar-refractivity contribution is 0.242. The molecule has 0 aliphatic carbocycles. The zero-order valence-corrected chi connectivity index (χ0v) is 18.0. The Bertz CT molecular complexity index is 1120. The van der Waals surface area contributed by atoms with Gasteiger partial charge in [-0.25, -0.2) is 22.6 Å². The van der Waals surface area contributed by atoms with Crippen molar-refractivity contribution in [2.75, 3.05) is 4.72 Å². The zero-order chi connectivity index (χ0) is 21.0. The number of aromatic nitrogens is 2. The minimum atomic E-state index is -3.92. The molecule has 10 heteroatoms. The van der Waals surface area contributed by atoms with E-state index in [1.165, 1.54) is 49.1 Å². The van der Waals surface area contributed by atoms with Crippen molar-refractivity contribution in [3.05, 3.63) is 66.2 Å². The minimum absolute atomic E-state index is 0.0239. The SMILES string of the molecule is CC(C)Oc1ccc(S(=O)(=O)Nc2ccc(Cl)cc2S(=O)c2cncnc2)cc1. The van der Waals surface area contributed by atoms with Crippen LogP contribution in [0.3, 0.4) is 0 Å². The monoisotopic (exact) mass is 451 g/mol. The van der Waals surface area contributed by atoms with Crippen molar-refractivity contribution in [3.63, 3.8) is 0 Å². The molecule has 0 amide bonds.